The highest BCUT2D eigenvalue weighted by atomic mass is 16.2. The van der Waals surface area contributed by atoms with Crippen LogP contribution in [0.15, 0.2) is 30.5 Å². The number of nitrogens with zero attached hydrogens (tertiary/aromatic N) is 3. The molecule has 0 unspecified atom stereocenters. The molecule has 5 heteroatoms. The molecule has 3 rings (SSSR count). The third-order valence-corrected chi connectivity index (χ3v) is 4.30. The summed E-state index contributed by atoms with van der Waals surface area (Å²) < 4.78 is 0. The monoisotopic (exact) mass is 284 g/mol. The molecule has 1 aromatic carbocycles. The third kappa shape index (κ3) is 2.00. The van der Waals surface area contributed by atoms with E-state index in [0.29, 0.717) is 12.2 Å². The molecule has 2 heterocycles. The van der Waals surface area contributed by atoms with Crippen molar-refractivity contribution in [1.82, 2.24) is 9.88 Å². The van der Waals surface area contributed by atoms with Gasteiger partial charge in [0.15, 0.2) is 0 Å². The molecule has 5 nitrogen and oxygen atoms in total. The van der Waals surface area contributed by atoms with Gasteiger partial charge in [0.25, 0.3) is 0 Å². The van der Waals surface area contributed by atoms with Gasteiger partial charge in [-0.3, -0.25) is 9.78 Å². The van der Waals surface area contributed by atoms with E-state index in [1.807, 2.05) is 45.2 Å². The van der Waals surface area contributed by atoms with Crippen LogP contribution in [0.2, 0.25) is 0 Å². The zero-order valence-electron chi connectivity index (χ0n) is 12.6. The predicted octanol–water partition coefficient (Wildman–Crippen LogP) is 1.87. The number of amides is 1. The van der Waals surface area contributed by atoms with E-state index in [2.05, 4.69) is 9.88 Å². The molecule has 0 bridgehead atoms. The number of nitrogen functional groups attached to an aromatic ring is 1. The molecule has 1 fully saturated rings. The van der Waals surface area contributed by atoms with Crippen LogP contribution in [0.1, 0.15) is 13.8 Å². The molecular formula is C16H20N4O. The van der Waals surface area contributed by atoms with Gasteiger partial charge < -0.3 is 15.5 Å². The molecule has 1 aliphatic rings. The van der Waals surface area contributed by atoms with E-state index >= 15 is 0 Å². The summed E-state index contributed by atoms with van der Waals surface area (Å²) >= 11 is 0. The zero-order chi connectivity index (χ0) is 15.2. The first-order chi connectivity index (χ1) is 9.93. The molecule has 1 aromatic heterocycles. The van der Waals surface area contributed by atoms with Crippen molar-refractivity contribution in [2.45, 2.75) is 19.4 Å². The van der Waals surface area contributed by atoms with Crippen LogP contribution in [0.25, 0.3) is 10.9 Å². The molecule has 0 spiro atoms. The van der Waals surface area contributed by atoms with Gasteiger partial charge in [0.1, 0.15) is 5.54 Å². The van der Waals surface area contributed by atoms with Gasteiger partial charge in [-0.2, -0.15) is 0 Å². The fraction of sp³-hybridized carbons (Fsp3) is 0.375. The first-order valence-corrected chi connectivity index (χ1v) is 7.09. The Morgan fingerprint density at radius 1 is 1.24 bits per heavy atom. The summed E-state index contributed by atoms with van der Waals surface area (Å²) in [6.07, 6.45) is 1.75. The molecule has 1 aliphatic heterocycles. The molecule has 1 amide bonds. The summed E-state index contributed by atoms with van der Waals surface area (Å²) in [5, 5.41) is 0.928. The number of rotatable bonds is 1. The van der Waals surface area contributed by atoms with E-state index in [1.54, 1.807) is 11.1 Å². The number of hydrogen-bond acceptors (Lipinski definition) is 4. The van der Waals surface area contributed by atoms with Crippen LogP contribution in [-0.2, 0) is 4.79 Å². The van der Waals surface area contributed by atoms with E-state index < -0.39 is 5.54 Å². The van der Waals surface area contributed by atoms with Gasteiger partial charge in [-0.25, -0.2) is 0 Å². The molecule has 0 aliphatic carbocycles. The number of likely N-dealkylation sites (N-methyl/N-ethyl adjacent to an activating group) is 1. The molecule has 21 heavy (non-hydrogen) atoms. The van der Waals surface area contributed by atoms with E-state index in [-0.39, 0.29) is 5.91 Å². The minimum absolute atomic E-state index is 0.111. The number of piperazine rings is 1. The van der Waals surface area contributed by atoms with Gasteiger partial charge in [0.05, 0.1) is 16.9 Å². The van der Waals surface area contributed by atoms with E-state index in [4.69, 9.17) is 5.73 Å². The van der Waals surface area contributed by atoms with Gasteiger partial charge in [0, 0.05) is 31.7 Å². The number of hydrogen-bond donors (Lipinski definition) is 1. The summed E-state index contributed by atoms with van der Waals surface area (Å²) in [7, 11) is 1.84. The van der Waals surface area contributed by atoms with Crippen LogP contribution in [-0.4, -0.2) is 41.5 Å². The SMILES string of the molecule is CN1CCN(c2ccc3ncccc3c2N)C(C)(C)C1=O. The number of carbonyl (C=O) groups excluding carboxylic acids is 1. The molecule has 0 saturated carbocycles. The maximum Gasteiger partial charge on any atom is 0.247 e. The highest BCUT2D eigenvalue weighted by Crippen LogP contribution is 2.36. The average molecular weight is 284 g/mol. The lowest BCUT2D eigenvalue weighted by molar-refractivity contribution is -0.136. The second-order valence-corrected chi connectivity index (χ2v) is 6.01. The molecule has 0 radical (unpaired) electrons. The maximum atomic E-state index is 12.4. The third-order valence-electron chi connectivity index (χ3n) is 4.30. The van der Waals surface area contributed by atoms with E-state index in [9.17, 15) is 4.79 Å². The Morgan fingerprint density at radius 3 is 2.76 bits per heavy atom. The number of benzene rings is 1. The number of anilines is 2. The maximum absolute atomic E-state index is 12.4. The Bertz CT molecular complexity index is 710. The topological polar surface area (TPSA) is 62.5 Å². The van der Waals surface area contributed by atoms with Crippen LogP contribution < -0.4 is 10.6 Å². The average Bonchev–Trinajstić information content (AvgIpc) is 2.47. The predicted molar refractivity (Wildman–Crippen MR) is 85.2 cm³/mol. The Hall–Kier alpha value is -2.30. The van der Waals surface area contributed by atoms with Gasteiger partial charge in [-0.05, 0) is 38.1 Å². The minimum atomic E-state index is -0.600. The van der Waals surface area contributed by atoms with Crippen molar-refractivity contribution in [3.8, 4) is 0 Å². The smallest absolute Gasteiger partial charge is 0.247 e. The Balaban J connectivity index is 2.12. The summed E-state index contributed by atoms with van der Waals surface area (Å²) in [5.74, 6) is 0.111. The van der Waals surface area contributed by atoms with Crippen molar-refractivity contribution in [3.05, 3.63) is 30.5 Å². The molecule has 2 N–H and O–H groups in total. The van der Waals surface area contributed by atoms with Crippen molar-refractivity contribution in [2.75, 3.05) is 30.8 Å². The first-order valence-electron chi connectivity index (χ1n) is 7.09. The number of aromatic nitrogens is 1. The van der Waals surface area contributed by atoms with Crippen molar-refractivity contribution in [1.29, 1.82) is 0 Å². The molecule has 0 atom stereocenters. The second-order valence-electron chi connectivity index (χ2n) is 6.01. The van der Waals surface area contributed by atoms with Crippen molar-refractivity contribution in [3.63, 3.8) is 0 Å². The molecule has 2 aromatic rings. The summed E-state index contributed by atoms with van der Waals surface area (Å²) in [5.41, 5.74) is 8.21. The van der Waals surface area contributed by atoms with Gasteiger partial charge in [-0.1, -0.05) is 0 Å². The van der Waals surface area contributed by atoms with Gasteiger partial charge >= 0.3 is 0 Å². The Kier molecular flexibility index (Phi) is 3.01. The summed E-state index contributed by atoms with van der Waals surface area (Å²) in [6, 6.07) is 7.76. The van der Waals surface area contributed by atoms with E-state index in [1.165, 1.54) is 0 Å². The highest BCUT2D eigenvalue weighted by Gasteiger charge is 2.41. The molecule has 110 valence electrons. The Labute approximate surface area is 124 Å². The molecule has 1 saturated heterocycles. The normalized spacial score (nSPS) is 18.3. The van der Waals surface area contributed by atoms with Crippen LogP contribution in [0.4, 0.5) is 11.4 Å². The van der Waals surface area contributed by atoms with Crippen LogP contribution in [0.3, 0.4) is 0 Å². The zero-order valence-corrected chi connectivity index (χ0v) is 12.6. The lowest BCUT2D eigenvalue weighted by Crippen LogP contribution is -2.62. The van der Waals surface area contributed by atoms with Gasteiger partial charge in [-0.15, -0.1) is 0 Å². The van der Waals surface area contributed by atoms with Crippen LogP contribution in [0.5, 0.6) is 0 Å². The first kappa shape index (κ1) is 13.7. The standard InChI is InChI=1S/C16H20N4O/c1-16(2)15(21)19(3)9-10-20(16)13-7-6-12-11(14(13)17)5-4-8-18-12/h4-8H,9-10,17H2,1-3H3. The van der Waals surface area contributed by atoms with E-state index in [0.717, 1.165) is 23.1 Å². The quantitative estimate of drug-likeness (QED) is 0.812. The fourth-order valence-electron chi connectivity index (χ4n) is 3.03. The van der Waals surface area contributed by atoms with Crippen LogP contribution in [0, 0.1) is 0 Å². The molecular weight excluding hydrogens is 264 g/mol. The largest absolute Gasteiger partial charge is 0.396 e. The van der Waals surface area contributed by atoms with Crippen molar-refractivity contribution in [2.24, 2.45) is 0 Å². The van der Waals surface area contributed by atoms with Gasteiger partial charge in [0.2, 0.25) is 5.91 Å². The Morgan fingerprint density at radius 2 is 2.00 bits per heavy atom. The lowest BCUT2D eigenvalue weighted by Gasteiger charge is -2.46. The number of carbonyl (C=O) groups is 1. The number of nitrogens with two attached hydrogens (primary N) is 1. The van der Waals surface area contributed by atoms with Crippen molar-refractivity contribution < 1.29 is 4.79 Å². The number of fused-ring (bicyclic) bond motifs is 1. The summed E-state index contributed by atoms with van der Waals surface area (Å²) in [6.45, 7) is 5.35. The minimum Gasteiger partial charge on any atom is -0.396 e. The highest BCUT2D eigenvalue weighted by molar-refractivity contribution is 5.99. The fourth-order valence-corrected chi connectivity index (χ4v) is 3.03. The lowest BCUT2D eigenvalue weighted by atomic mass is 9.96. The van der Waals surface area contributed by atoms with Crippen LogP contribution >= 0.6 is 0 Å². The van der Waals surface area contributed by atoms with Crippen molar-refractivity contribution >= 4 is 28.2 Å². The second kappa shape index (κ2) is 4.62. The summed E-state index contributed by atoms with van der Waals surface area (Å²) in [4.78, 5) is 20.6. The number of pyridine rings is 1.